The molecule has 1 aromatic carbocycles. The third kappa shape index (κ3) is 3.16. The van der Waals surface area contributed by atoms with Gasteiger partial charge in [-0.15, -0.1) is 11.8 Å². The van der Waals surface area contributed by atoms with Gasteiger partial charge >= 0.3 is 11.9 Å². The van der Waals surface area contributed by atoms with Crippen molar-refractivity contribution in [1.29, 1.82) is 0 Å². The van der Waals surface area contributed by atoms with Crippen LogP contribution >= 0.6 is 11.8 Å². The number of hydrogen-bond acceptors (Lipinski definition) is 5. The molecule has 5 nitrogen and oxygen atoms in total. The molecule has 0 aliphatic rings. The van der Waals surface area contributed by atoms with E-state index in [1.54, 1.807) is 6.07 Å². The molecular weight excluding hydrogens is 230 g/mol. The number of carbonyl (C=O) groups is 2. The molecule has 86 valence electrons. The molecule has 0 amide bonds. The van der Waals surface area contributed by atoms with Gasteiger partial charge in [0.05, 0.1) is 18.4 Å². The van der Waals surface area contributed by atoms with Crippen molar-refractivity contribution >= 4 is 29.4 Å². The van der Waals surface area contributed by atoms with Crippen molar-refractivity contribution < 1.29 is 19.4 Å². The normalized spacial score (nSPS) is 9.81. The Morgan fingerprint density at radius 2 is 2.19 bits per heavy atom. The summed E-state index contributed by atoms with van der Waals surface area (Å²) in [6, 6.07) is 4.54. The van der Waals surface area contributed by atoms with Gasteiger partial charge in [-0.05, 0) is 18.2 Å². The molecule has 6 heteroatoms. The molecular formula is C10H11NO4S. The molecule has 0 saturated heterocycles. The maximum Gasteiger partial charge on any atom is 0.337 e. The Morgan fingerprint density at radius 1 is 1.50 bits per heavy atom. The number of aromatic carboxylic acids is 1. The number of ether oxygens (including phenoxy) is 1. The predicted molar refractivity (Wildman–Crippen MR) is 60.6 cm³/mol. The van der Waals surface area contributed by atoms with Crippen LogP contribution in [0.1, 0.15) is 10.4 Å². The second-order valence-corrected chi connectivity index (χ2v) is 3.97. The number of carboxylic acids is 1. The first kappa shape index (κ1) is 12.4. The van der Waals surface area contributed by atoms with Gasteiger partial charge in [-0.2, -0.15) is 0 Å². The lowest BCUT2D eigenvalue weighted by Crippen LogP contribution is -2.04. The second kappa shape index (κ2) is 5.41. The van der Waals surface area contributed by atoms with Crippen LogP contribution in [0.25, 0.3) is 0 Å². The van der Waals surface area contributed by atoms with Gasteiger partial charge in [0.2, 0.25) is 0 Å². The zero-order valence-electron chi connectivity index (χ0n) is 8.60. The average Bonchev–Trinajstić information content (AvgIpc) is 2.25. The predicted octanol–water partition coefficient (Wildman–Crippen LogP) is 1.23. The molecule has 0 atom stereocenters. The fourth-order valence-corrected chi connectivity index (χ4v) is 1.80. The van der Waals surface area contributed by atoms with Crippen LogP contribution in [-0.2, 0) is 9.53 Å². The van der Waals surface area contributed by atoms with Crippen LogP contribution < -0.4 is 5.73 Å². The van der Waals surface area contributed by atoms with Crippen molar-refractivity contribution in [2.45, 2.75) is 4.90 Å². The zero-order valence-corrected chi connectivity index (χ0v) is 9.41. The molecule has 0 heterocycles. The summed E-state index contributed by atoms with van der Waals surface area (Å²) in [6.07, 6.45) is 0. The highest BCUT2D eigenvalue weighted by atomic mass is 32.2. The zero-order chi connectivity index (χ0) is 12.1. The first-order valence-electron chi connectivity index (χ1n) is 4.37. The van der Waals surface area contributed by atoms with E-state index >= 15 is 0 Å². The Hall–Kier alpha value is -1.69. The molecule has 0 bridgehead atoms. The summed E-state index contributed by atoms with van der Waals surface area (Å²) in [5, 5.41) is 8.75. The van der Waals surface area contributed by atoms with E-state index in [0.29, 0.717) is 0 Å². The fourth-order valence-electron chi connectivity index (χ4n) is 1.03. The van der Waals surface area contributed by atoms with E-state index < -0.39 is 5.97 Å². The maximum atomic E-state index is 10.9. The van der Waals surface area contributed by atoms with Crippen LogP contribution in [0, 0.1) is 0 Å². The molecule has 0 fully saturated rings. The van der Waals surface area contributed by atoms with Crippen LogP contribution in [0.3, 0.4) is 0 Å². The lowest BCUT2D eigenvalue weighted by molar-refractivity contribution is -0.137. The Bertz CT molecular complexity index is 419. The second-order valence-electron chi connectivity index (χ2n) is 2.92. The summed E-state index contributed by atoms with van der Waals surface area (Å²) in [5.74, 6) is -1.24. The summed E-state index contributed by atoms with van der Waals surface area (Å²) in [5.41, 5.74) is 5.79. The number of carbonyl (C=O) groups excluding carboxylic acids is 1. The number of anilines is 1. The van der Waals surface area contributed by atoms with Gasteiger partial charge < -0.3 is 15.6 Å². The SMILES string of the molecule is COC(=O)CSc1ccc(C(=O)O)c(N)c1. The van der Waals surface area contributed by atoms with E-state index in [1.165, 1.54) is 31.0 Å². The smallest absolute Gasteiger partial charge is 0.337 e. The highest BCUT2D eigenvalue weighted by molar-refractivity contribution is 8.00. The van der Waals surface area contributed by atoms with E-state index in [-0.39, 0.29) is 23.0 Å². The minimum Gasteiger partial charge on any atom is -0.478 e. The highest BCUT2D eigenvalue weighted by Crippen LogP contribution is 2.23. The molecule has 3 N–H and O–H groups in total. The monoisotopic (exact) mass is 241 g/mol. The molecule has 0 radical (unpaired) electrons. The van der Waals surface area contributed by atoms with Crippen molar-refractivity contribution in [1.82, 2.24) is 0 Å². The number of nitrogens with two attached hydrogens (primary N) is 1. The number of benzene rings is 1. The summed E-state index contributed by atoms with van der Waals surface area (Å²) < 4.78 is 4.48. The Kier molecular flexibility index (Phi) is 4.19. The number of carboxylic acid groups (broad SMARTS) is 1. The number of methoxy groups -OCH3 is 1. The number of thioether (sulfide) groups is 1. The van der Waals surface area contributed by atoms with Crippen molar-refractivity contribution in [3.63, 3.8) is 0 Å². The van der Waals surface area contributed by atoms with E-state index in [4.69, 9.17) is 10.8 Å². The highest BCUT2D eigenvalue weighted by Gasteiger charge is 2.09. The van der Waals surface area contributed by atoms with Gasteiger partial charge in [0.25, 0.3) is 0 Å². The number of hydrogen-bond donors (Lipinski definition) is 2. The van der Waals surface area contributed by atoms with Gasteiger partial charge in [-0.25, -0.2) is 4.79 Å². The van der Waals surface area contributed by atoms with Crippen molar-refractivity contribution in [2.75, 3.05) is 18.6 Å². The van der Waals surface area contributed by atoms with Crippen LogP contribution in [0.4, 0.5) is 5.69 Å². The van der Waals surface area contributed by atoms with E-state index in [1.807, 2.05) is 0 Å². The van der Waals surface area contributed by atoms with Crippen molar-refractivity contribution in [3.8, 4) is 0 Å². The Balaban J connectivity index is 2.74. The lowest BCUT2D eigenvalue weighted by atomic mass is 10.2. The molecule has 16 heavy (non-hydrogen) atoms. The quantitative estimate of drug-likeness (QED) is 0.468. The van der Waals surface area contributed by atoms with Gasteiger partial charge in [-0.1, -0.05) is 0 Å². The largest absolute Gasteiger partial charge is 0.478 e. The third-order valence-corrected chi connectivity index (χ3v) is 2.81. The van der Waals surface area contributed by atoms with Crippen LogP contribution in [0.15, 0.2) is 23.1 Å². The van der Waals surface area contributed by atoms with Crippen LogP contribution in [0.5, 0.6) is 0 Å². The fraction of sp³-hybridized carbons (Fsp3) is 0.200. The number of rotatable bonds is 4. The van der Waals surface area contributed by atoms with E-state index in [9.17, 15) is 9.59 Å². The Labute approximate surface area is 96.6 Å². The number of esters is 1. The van der Waals surface area contributed by atoms with Crippen LogP contribution in [-0.4, -0.2) is 29.9 Å². The maximum absolute atomic E-state index is 10.9. The molecule has 0 saturated carbocycles. The van der Waals surface area contributed by atoms with Gasteiger partial charge in [0.15, 0.2) is 0 Å². The molecule has 0 unspecified atom stereocenters. The van der Waals surface area contributed by atoms with E-state index in [0.717, 1.165) is 4.90 Å². The van der Waals surface area contributed by atoms with Gasteiger partial charge in [0.1, 0.15) is 0 Å². The van der Waals surface area contributed by atoms with Crippen molar-refractivity contribution in [2.24, 2.45) is 0 Å². The van der Waals surface area contributed by atoms with Crippen molar-refractivity contribution in [3.05, 3.63) is 23.8 Å². The minimum atomic E-state index is -1.07. The molecule has 1 rings (SSSR count). The molecule has 1 aromatic rings. The van der Waals surface area contributed by atoms with Gasteiger partial charge in [0, 0.05) is 10.6 Å². The standard InChI is InChI=1S/C10H11NO4S/c1-15-9(12)5-16-6-2-3-7(10(13)14)8(11)4-6/h2-4H,5,11H2,1H3,(H,13,14). The third-order valence-electron chi connectivity index (χ3n) is 1.84. The Morgan fingerprint density at radius 3 is 2.69 bits per heavy atom. The molecule has 0 aliphatic heterocycles. The summed E-state index contributed by atoms with van der Waals surface area (Å²) in [6.45, 7) is 0. The van der Waals surface area contributed by atoms with Gasteiger partial charge in [-0.3, -0.25) is 4.79 Å². The molecule has 0 aromatic heterocycles. The minimum absolute atomic E-state index is 0.0578. The van der Waals surface area contributed by atoms with Crippen LogP contribution in [0.2, 0.25) is 0 Å². The van der Waals surface area contributed by atoms with E-state index in [2.05, 4.69) is 4.74 Å². The summed E-state index contributed by atoms with van der Waals surface area (Å²) in [4.78, 5) is 22.3. The average molecular weight is 241 g/mol. The first-order valence-corrected chi connectivity index (χ1v) is 5.35. The first-order chi connectivity index (χ1) is 7.54. The summed E-state index contributed by atoms with van der Waals surface area (Å²) >= 11 is 1.24. The number of nitrogen functional groups attached to an aromatic ring is 1. The lowest BCUT2D eigenvalue weighted by Gasteiger charge is -2.04. The topological polar surface area (TPSA) is 89.6 Å². The molecule has 0 aliphatic carbocycles. The summed E-state index contributed by atoms with van der Waals surface area (Å²) in [7, 11) is 1.31. The molecule has 0 spiro atoms.